The fourth-order valence-electron chi connectivity index (χ4n) is 2.53. The standard InChI is InChI=1S/C18H24INO2Se/c1-4-7-8-12-15-16(19)13-10-9-11-14(17(13)23-15)22-18(21)20(5-2)6-3/h9-11H,4-8,12H2,1-3H3. The molecule has 126 valence electrons. The molecule has 0 saturated heterocycles. The number of nitrogens with zero attached hydrogens (tertiary/aromatic N) is 1. The number of fused-ring (bicyclic) bond motifs is 1. The molecule has 1 aromatic heterocycles. The molecular formula is C18H24INO2Se. The molecule has 0 spiro atoms. The van der Waals surface area contributed by atoms with Gasteiger partial charge in [0.1, 0.15) is 0 Å². The fraction of sp³-hybridized carbons (Fsp3) is 0.500. The molecule has 5 heteroatoms. The minimum absolute atomic E-state index is 0.242. The summed E-state index contributed by atoms with van der Waals surface area (Å²) in [6.07, 6.45) is 4.71. The Hall–Kier alpha value is -0.521. The molecule has 23 heavy (non-hydrogen) atoms. The van der Waals surface area contributed by atoms with Gasteiger partial charge in [-0.3, -0.25) is 0 Å². The summed E-state index contributed by atoms with van der Waals surface area (Å²) in [5.41, 5.74) is 0. The van der Waals surface area contributed by atoms with Gasteiger partial charge >= 0.3 is 159 Å². The van der Waals surface area contributed by atoms with Crippen molar-refractivity contribution < 1.29 is 9.53 Å². The van der Waals surface area contributed by atoms with Crippen molar-refractivity contribution in [2.75, 3.05) is 13.1 Å². The second kappa shape index (κ2) is 9.09. The fourth-order valence-corrected chi connectivity index (χ4v) is 6.71. The molecule has 0 aliphatic heterocycles. The Morgan fingerprint density at radius 1 is 1.22 bits per heavy atom. The molecule has 1 amide bonds. The first-order valence-electron chi connectivity index (χ1n) is 8.28. The van der Waals surface area contributed by atoms with E-state index in [1.165, 1.54) is 38.9 Å². The summed E-state index contributed by atoms with van der Waals surface area (Å²) in [4.78, 5) is 14.0. The van der Waals surface area contributed by atoms with E-state index >= 15 is 0 Å². The van der Waals surface area contributed by atoms with E-state index in [1.807, 2.05) is 26.0 Å². The molecule has 0 fully saturated rings. The first-order valence-corrected chi connectivity index (χ1v) is 11.1. The number of aryl methyl sites for hydroxylation is 1. The second-order valence-corrected chi connectivity index (χ2v) is 8.87. The summed E-state index contributed by atoms with van der Waals surface area (Å²) >= 11 is 2.74. The molecule has 1 aromatic carbocycles. The Kier molecular flexibility index (Phi) is 7.44. The third-order valence-electron chi connectivity index (χ3n) is 3.91. The Balaban J connectivity index is 2.27. The number of hydrogen-bond acceptors (Lipinski definition) is 2. The number of rotatable bonds is 7. The van der Waals surface area contributed by atoms with Crippen LogP contribution in [0.5, 0.6) is 5.75 Å². The summed E-state index contributed by atoms with van der Waals surface area (Å²) in [6.45, 7) is 7.53. The van der Waals surface area contributed by atoms with Crippen LogP contribution in [0.2, 0.25) is 0 Å². The van der Waals surface area contributed by atoms with Gasteiger partial charge < -0.3 is 0 Å². The number of carbonyl (C=O) groups is 1. The van der Waals surface area contributed by atoms with Gasteiger partial charge in [0, 0.05) is 0 Å². The average Bonchev–Trinajstić information content (AvgIpc) is 2.87. The van der Waals surface area contributed by atoms with E-state index in [4.69, 9.17) is 4.74 Å². The van der Waals surface area contributed by atoms with E-state index in [0.717, 1.165) is 5.75 Å². The molecule has 0 atom stereocenters. The van der Waals surface area contributed by atoms with Gasteiger partial charge in [0.05, 0.1) is 0 Å². The summed E-state index contributed by atoms with van der Waals surface area (Å²) in [5.74, 6) is 0.749. The van der Waals surface area contributed by atoms with Crippen LogP contribution in [-0.2, 0) is 6.42 Å². The maximum atomic E-state index is 12.2. The predicted octanol–water partition coefficient (Wildman–Crippen LogP) is 5.07. The topological polar surface area (TPSA) is 29.5 Å². The molecule has 0 aliphatic rings. The summed E-state index contributed by atoms with van der Waals surface area (Å²) in [5, 5.41) is 1.27. The van der Waals surface area contributed by atoms with E-state index in [0.29, 0.717) is 13.1 Å². The van der Waals surface area contributed by atoms with Crippen molar-refractivity contribution in [2.45, 2.75) is 46.5 Å². The van der Waals surface area contributed by atoms with Crippen molar-refractivity contribution >= 4 is 52.8 Å². The third-order valence-corrected chi connectivity index (χ3v) is 8.65. The van der Waals surface area contributed by atoms with E-state index in [2.05, 4.69) is 35.6 Å². The Bertz CT molecular complexity index is 664. The first kappa shape index (κ1) is 18.8. The molecule has 2 aromatic rings. The second-order valence-electron chi connectivity index (χ2n) is 5.47. The molecule has 0 N–H and O–H groups in total. The SMILES string of the molecule is CCCCCc1[se]c2c(OC(=O)N(CC)CC)cccc2c1I. The quantitative estimate of drug-likeness (QED) is 0.307. The van der Waals surface area contributed by atoms with Crippen molar-refractivity contribution in [1.29, 1.82) is 0 Å². The molecular weight excluding hydrogens is 468 g/mol. The van der Waals surface area contributed by atoms with Crippen LogP contribution in [0.1, 0.15) is 44.5 Å². The Morgan fingerprint density at radius 2 is 1.96 bits per heavy atom. The van der Waals surface area contributed by atoms with E-state index in [-0.39, 0.29) is 20.6 Å². The molecule has 0 aliphatic carbocycles. The zero-order chi connectivity index (χ0) is 16.8. The minimum atomic E-state index is -0.242. The molecule has 1 heterocycles. The normalized spacial score (nSPS) is 11.0. The zero-order valence-electron chi connectivity index (χ0n) is 14.0. The number of hydrogen-bond donors (Lipinski definition) is 0. The van der Waals surface area contributed by atoms with Gasteiger partial charge in [0.25, 0.3) is 0 Å². The van der Waals surface area contributed by atoms with Crippen LogP contribution in [0.25, 0.3) is 9.65 Å². The molecule has 3 nitrogen and oxygen atoms in total. The summed E-state index contributed by atoms with van der Waals surface area (Å²) in [6, 6.07) is 6.08. The van der Waals surface area contributed by atoms with Gasteiger partial charge in [-0.2, -0.15) is 0 Å². The van der Waals surface area contributed by atoms with Crippen molar-refractivity contribution in [3.8, 4) is 5.75 Å². The van der Waals surface area contributed by atoms with Crippen LogP contribution < -0.4 is 4.74 Å². The van der Waals surface area contributed by atoms with Gasteiger partial charge in [-0.1, -0.05) is 0 Å². The van der Waals surface area contributed by atoms with Crippen molar-refractivity contribution in [2.24, 2.45) is 0 Å². The molecule has 0 unspecified atom stereocenters. The van der Waals surface area contributed by atoms with Crippen molar-refractivity contribution in [1.82, 2.24) is 4.90 Å². The molecule has 2 rings (SSSR count). The van der Waals surface area contributed by atoms with Crippen LogP contribution in [0, 0.1) is 3.57 Å². The van der Waals surface area contributed by atoms with Crippen LogP contribution >= 0.6 is 22.6 Å². The number of benzene rings is 1. The predicted molar refractivity (Wildman–Crippen MR) is 106 cm³/mol. The number of amides is 1. The van der Waals surface area contributed by atoms with Crippen molar-refractivity contribution in [3.63, 3.8) is 0 Å². The summed E-state index contributed by atoms with van der Waals surface area (Å²) in [7, 11) is 0. The van der Waals surface area contributed by atoms with E-state index in [1.54, 1.807) is 9.34 Å². The summed E-state index contributed by atoms with van der Waals surface area (Å²) < 4.78 is 9.85. The van der Waals surface area contributed by atoms with E-state index in [9.17, 15) is 4.79 Å². The van der Waals surface area contributed by atoms with Crippen molar-refractivity contribution in [3.05, 3.63) is 26.2 Å². The van der Waals surface area contributed by atoms with Crippen LogP contribution in [0.15, 0.2) is 18.2 Å². The van der Waals surface area contributed by atoms with Gasteiger partial charge in [0.15, 0.2) is 0 Å². The zero-order valence-corrected chi connectivity index (χ0v) is 17.9. The molecule has 0 bridgehead atoms. The van der Waals surface area contributed by atoms with Gasteiger partial charge in [-0.15, -0.1) is 0 Å². The number of halogens is 1. The number of carbonyl (C=O) groups excluding carboxylic acids is 1. The number of unbranched alkanes of at least 4 members (excludes halogenated alkanes) is 2. The molecule has 0 saturated carbocycles. The van der Waals surface area contributed by atoms with Gasteiger partial charge in [0.2, 0.25) is 0 Å². The number of ether oxygens (including phenoxy) is 1. The van der Waals surface area contributed by atoms with Crippen LogP contribution in [-0.4, -0.2) is 38.6 Å². The van der Waals surface area contributed by atoms with Gasteiger partial charge in [-0.05, 0) is 0 Å². The Labute approximate surface area is 158 Å². The third kappa shape index (κ3) is 4.52. The monoisotopic (exact) mass is 493 g/mol. The first-order chi connectivity index (χ1) is 11.1. The van der Waals surface area contributed by atoms with Crippen LogP contribution in [0.3, 0.4) is 0 Å². The average molecular weight is 492 g/mol. The van der Waals surface area contributed by atoms with E-state index < -0.39 is 0 Å². The van der Waals surface area contributed by atoms with Crippen LogP contribution in [0.4, 0.5) is 4.79 Å². The Morgan fingerprint density at radius 3 is 2.61 bits per heavy atom. The van der Waals surface area contributed by atoms with Gasteiger partial charge in [-0.25, -0.2) is 0 Å². The maximum absolute atomic E-state index is 12.2. The molecule has 0 radical (unpaired) electrons.